The number of thiol groups is 1. The molecule has 0 amide bonds. The van der Waals surface area contributed by atoms with Gasteiger partial charge in [0.25, 0.3) is 0 Å². The van der Waals surface area contributed by atoms with Crippen molar-refractivity contribution in [3.05, 3.63) is 0 Å². The van der Waals surface area contributed by atoms with E-state index in [-0.39, 0.29) is 5.75 Å². The Hall–Kier alpha value is -0.300. The Labute approximate surface area is 58.0 Å². The Kier molecular flexibility index (Phi) is 4.41. The molecule has 5 nitrogen and oxygen atoms in total. The zero-order valence-corrected chi connectivity index (χ0v) is 5.56. The first-order valence-corrected chi connectivity index (χ1v) is 2.90. The quantitative estimate of drug-likeness (QED) is 0.188. The number of carboxylic acid groups (broad SMARTS) is 1. The summed E-state index contributed by atoms with van der Waals surface area (Å²) in [6.45, 7) is 0. The number of hydrogen-bond donors (Lipinski definition) is 5. The van der Waals surface area contributed by atoms with Crippen LogP contribution < -0.4 is 16.8 Å². The Morgan fingerprint density at radius 2 is 2.44 bits per heavy atom. The van der Waals surface area contributed by atoms with Crippen LogP contribution in [0.3, 0.4) is 0 Å². The molecule has 0 radical (unpaired) electrons. The fraction of sp³-hybridized carbons (Fsp3) is 0.667. The van der Waals surface area contributed by atoms with Gasteiger partial charge in [-0.1, -0.05) is 0 Å². The van der Waals surface area contributed by atoms with Gasteiger partial charge in [-0.25, -0.2) is 5.43 Å². The molecular weight excluding hydrogens is 142 g/mol. The van der Waals surface area contributed by atoms with Crippen molar-refractivity contribution in [2.24, 2.45) is 5.84 Å². The van der Waals surface area contributed by atoms with E-state index >= 15 is 0 Å². The highest BCUT2D eigenvalue weighted by Crippen LogP contribution is 1.84. The maximum Gasteiger partial charge on any atom is 0.322 e. The minimum Gasteiger partial charge on any atom is -0.480 e. The summed E-state index contributed by atoms with van der Waals surface area (Å²) in [5.41, 5.74) is 4.30. The van der Waals surface area contributed by atoms with Crippen LogP contribution in [0.4, 0.5) is 0 Å². The maximum absolute atomic E-state index is 10.1. The zero-order chi connectivity index (χ0) is 7.28. The molecule has 0 aromatic rings. The van der Waals surface area contributed by atoms with Crippen LogP contribution >= 0.6 is 12.6 Å². The predicted molar refractivity (Wildman–Crippen MR) is 35.7 cm³/mol. The van der Waals surface area contributed by atoms with Crippen molar-refractivity contribution >= 4 is 18.6 Å². The minimum absolute atomic E-state index is 0.194. The van der Waals surface area contributed by atoms with Gasteiger partial charge in [-0.15, -0.1) is 0 Å². The zero-order valence-electron chi connectivity index (χ0n) is 4.66. The number of nitrogens with two attached hydrogens (primary N) is 1. The monoisotopic (exact) mass is 151 g/mol. The van der Waals surface area contributed by atoms with Crippen LogP contribution in [0.25, 0.3) is 0 Å². The highest BCUT2D eigenvalue weighted by molar-refractivity contribution is 7.80. The smallest absolute Gasteiger partial charge is 0.322 e. The van der Waals surface area contributed by atoms with Crippen LogP contribution in [-0.4, -0.2) is 22.9 Å². The van der Waals surface area contributed by atoms with Gasteiger partial charge in [0.1, 0.15) is 6.04 Å². The van der Waals surface area contributed by atoms with Crippen LogP contribution in [0.5, 0.6) is 0 Å². The van der Waals surface area contributed by atoms with Crippen molar-refractivity contribution in [3.63, 3.8) is 0 Å². The second kappa shape index (κ2) is 4.57. The second-order valence-corrected chi connectivity index (χ2v) is 1.73. The van der Waals surface area contributed by atoms with E-state index in [0.717, 1.165) is 0 Å². The first-order chi connectivity index (χ1) is 4.22. The highest BCUT2D eigenvalue weighted by Gasteiger charge is 2.12. The summed E-state index contributed by atoms with van der Waals surface area (Å²) < 4.78 is 0. The fourth-order valence-electron chi connectivity index (χ4n) is 0.286. The molecule has 0 saturated carbocycles. The molecule has 0 spiro atoms. The van der Waals surface area contributed by atoms with Gasteiger partial charge in [0.15, 0.2) is 0 Å². The molecule has 0 bridgehead atoms. The van der Waals surface area contributed by atoms with Crippen molar-refractivity contribution in [1.82, 2.24) is 11.0 Å². The number of carboxylic acids is 1. The number of hydrogen-bond acceptors (Lipinski definition) is 5. The Morgan fingerprint density at radius 1 is 1.89 bits per heavy atom. The van der Waals surface area contributed by atoms with E-state index in [1.807, 2.05) is 5.53 Å². The second-order valence-electron chi connectivity index (χ2n) is 1.36. The molecular formula is C3H9N3O2S. The summed E-state index contributed by atoms with van der Waals surface area (Å²) in [6.07, 6.45) is 0. The van der Waals surface area contributed by atoms with Gasteiger partial charge < -0.3 is 5.11 Å². The fourth-order valence-corrected chi connectivity index (χ4v) is 0.534. The normalized spacial score (nSPS) is 13.1. The van der Waals surface area contributed by atoms with Crippen molar-refractivity contribution in [2.45, 2.75) is 6.04 Å². The molecule has 0 rings (SSSR count). The van der Waals surface area contributed by atoms with Gasteiger partial charge >= 0.3 is 5.97 Å². The molecule has 0 heterocycles. The van der Waals surface area contributed by atoms with Gasteiger partial charge in [0.05, 0.1) is 0 Å². The Bertz CT molecular complexity index is 99.1. The predicted octanol–water partition coefficient (Wildman–Crippen LogP) is -1.66. The lowest BCUT2D eigenvalue weighted by atomic mass is 10.4. The van der Waals surface area contributed by atoms with Crippen LogP contribution in [0.15, 0.2) is 0 Å². The molecule has 5 N–H and O–H groups in total. The molecule has 1 atom stereocenters. The van der Waals surface area contributed by atoms with Crippen molar-refractivity contribution < 1.29 is 9.90 Å². The molecule has 0 unspecified atom stereocenters. The molecule has 0 saturated heterocycles. The average Bonchev–Trinajstić information content (AvgIpc) is 1.82. The third kappa shape index (κ3) is 3.31. The van der Waals surface area contributed by atoms with Gasteiger partial charge in [0.2, 0.25) is 0 Å². The summed E-state index contributed by atoms with van der Waals surface area (Å²) in [4.78, 5) is 10.1. The molecule has 9 heavy (non-hydrogen) atoms. The van der Waals surface area contributed by atoms with Gasteiger partial charge in [0, 0.05) is 5.75 Å². The first-order valence-electron chi connectivity index (χ1n) is 2.27. The van der Waals surface area contributed by atoms with Crippen molar-refractivity contribution in [2.75, 3.05) is 5.75 Å². The van der Waals surface area contributed by atoms with Gasteiger partial charge in [-0.3, -0.25) is 10.6 Å². The molecule has 0 aromatic carbocycles. The van der Waals surface area contributed by atoms with E-state index in [1.54, 1.807) is 0 Å². The van der Waals surface area contributed by atoms with E-state index in [1.165, 1.54) is 0 Å². The summed E-state index contributed by atoms with van der Waals surface area (Å²) in [7, 11) is 0. The van der Waals surface area contributed by atoms with E-state index in [2.05, 4.69) is 18.1 Å². The lowest BCUT2D eigenvalue weighted by Gasteiger charge is -2.08. The SMILES string of the molecule is NNN[C@@H](CS)C(=O)O. The topological polar surface area (TPSA) is 87.4 Å². The number of rotatable bonds is 4. The van der Waals surface area contributed by atoms with Gasteiger partial charge in [-0.05, 0) is 0 Å². The number of aliphatic carboxylic acids is 1. The van der Waals surface area contributed by atoms with E-state index in [0.29, 0.717) is 0 Å². The van der Waals surface area contributed by atoms with Crippen molar-refractivity contribution in [1.29, 1.82) is 0 Å². The van der Waals surface area contributed by atoms with Crippen LogP contribution in [0.1, 0.15) is 0 Å². The largest absolute Gasteiger partial charge is 0.480 e. The molecule has 0 aromatic heterocycles. The molecule has 0 aliphatic heterocycles. The molecule has 0 aliphatic carbocycles. The van der Waals surface area contributed by atoms with E-state index in [4.69, 9.17) is 10.9 Å². The molecule has 6 heteroatoms. The molecule has 54 valence electrons. The third-order valence-corrected chi connectivity index (χ3v) is 1.10. The minimum atomic E-state index is -0.983. The number of hydrazine groups is 2. The van der Waals surface area contributed by atoms with E-state index < -0.39 is 12.0 Å². The average molecular weight is 151 g/mol. The van der Waals surface area contributed by atoms with Crippen LogP contribution in [0.2, 0.25) is 0 Å². The number of carbonyl (C=O) groups is 1. The van der Waals surface area contributed by atoms with Crippen LogP contribution in [-0.2, 0) is 4.79 Å². The maximum atomic E-state index is 10.1. The standard InChI is InChI=1S/C3H9N3O2S/c4-6-5-2(1-9)3(7)8/h2,5-6,9H,1,4H2,(H,7,8)/t2-/m0/s1. The molecule has 0 aliphatic rings. The lowest BCUT2D eigenvalue weighted by molar-refractivity contribution is -0.139. The Balaban J connectivity index is 3.54. The third-order valence-electron chi connectivity index (χ3n) is 0.738. The first kappa shape index (κ1) is 8.70. The summed E-state index contributed by atoms with van der Waals surface area (Å²) >= 11 is 3.75. The summed E-state index contributed by atoms with van der Waals surface area (Å²) in [5, 5.41) is 8.30. The Morgan fingerprint density at radius 3 is 2.56 bits per heavy atom. The highest BCUT2D eigenvalue weighted by atomic mass is 32.1. The number of nitrogens with one attached hydrogen (secondary N) is 2. The molecule has 0 fully saturated rings. The van der Waals surface area contributed by atoms with Crippen molar-refractivity contribution in [3.8, 4) is 0 Å². The van der Waals surface area contributed by atoms with Crippen LogP contribution in [0, 0.1) is 0 Å². The van der Waals surface area contributed by atoms with E-state index in [9.17, 15) is 4.79 Å². The lowest BCUT2D eigenvalue weighted by Crippen LogP contribution is -2.49. The summed E-state index contributed by atoms with van der Waals surface area (Å²) in [5.74, 6) is 3.99. The summed E-state index contributed by atoms with van der Waals surface area (Å²) in [6, 6.07) is -0.738. The van der Waals surface area contributed by atoms with Gasteiger partial charge in [-0.2, -0.15) is 18.2 Å².